The predicted octanol–water partition coefficient (Wildman–Crippen LogP) is 2.14. The summed E-state index contributed by atoms with van der Waals surface area (Å²) in [6.45, 7) is 1.95. The standard InChI is InChI=1S/C17H14BBrO3/c1-6-9-4-8(19)5-12-13(9)14-10(15(6)20)2-7(18)3-11(14)16(21)17(12)22/h2-6,15-17,20-22H,1H3. The van der Waals surface area contributed by atoms with Crippen LogP contribution in [0.2, 0.25) is 0 Å². The highest BCUT2D eigenvalue weighted by atomic mass is 79.9. The summed E-state index contributed by atoms with van der Waals surface area (Å²) in [5.41, 5.74) is 5.19. The topological polar surface area (TPSA) is 60.7 Å². The van der Waals surface area contributed by atoms with Crippen LogP contribution in [0.5, 0.6) is 0 Å². The molecule has 3 nitrogen and oxygen atoms in total. The van der Waals surface area contributed by atoms with Gasteiger partial charge in [0.25, 0.3) is 0 Å². The van der Waals surface area contributed by atoms with Gasteiger partial charge in [-0.2, -0.15) is 0 Å². The summed E-state index contributed by atoms with van der Waals surface area (Å²) in [6, 6.07) is 7.25. The van der Waals surface area contributed by atoms with Crippen molar-refractivity contribution in [3.05, 3.63) is 51.0 Å². The van der Waals surface area contributed by atoms with E-state index in [4.69, 9.17) is 7.85 Å². The Hall–Kier alpha value is -1.14. The van der Waals surface area contributed by atoms with Crippen LogP contribution in [0.15, 0.2) is 28.7 Å². The van der Waals surface area contributed by atoms with Gasteiger partial charge >= 0.3 is 0 Å². The molecule has 0 heterocycles. The molecule has 5 heteroatoms. The molecule has 0 fully saturated rings. The van der Waals surface area contributed by atoms with E-state index in [0.29, 0.717) is 16.6 Å². The molecule has 4 atom stereocenters. The van der Waals surface area contributed by atoms with Crippen LogP contribution < -0.4 is 5.46 Å². The molecule has 2 aromatic carbocycles. The van der Waals surface area contributed by atoms with Crippen LogP contribution >= 0.6 is 15.9 Å². The van der Waals surface area contributed by atoms with Crippen LogP contribution in [0.3, 0.4) is 0 Å². The molecular formula is C17H14BBrO3. The lowest BCUT2D eigenvalue weighted by Gasteiger charge is -2.39. The molecule has 3 N–H and O–H groups in total. The average Bonchev–Trinajstić information content (AvgIpc) is 2.48. The van der Waals surface area contributed by atoms with Crippen molar-refractivity contribution in [1.82, 2.24) is 0 Å². The fraction of sp³-hybridized carbons (Fsp3) is 0.294. The first kappa shape index (κ1) is 14.5. The van der Waals surface area contributed by atoms with E-state index in [1.54, 1.807) is 12.1 Å². The predicted molar refractivity (Wildman–Crippen MR) is 88.3 cm³/mol. The largest absolute Gasteiger partial charge is 0.388 e. The summed E-state index contributed by atoms with van der Waals surface area (Å²) in [4.78, 5) is 0. The molecule has 2 aliphatic carbocycles. The highest BCUT2D eigenvalue weighted by Gasteiger charge is 2.40. The average molecular weight is 357 g/mol. The zero-order valence-electron chi connectivity index (χ0n) is 11.9. The van der Waals surface area contributed by atoms with Crippen molar-refractivity contribution < 1.29 is 15.3 Å². The molecule has 22 heavy (non-hydrogen) atoms. The van der Waals surface area contributed by atoms with Crippen LogP contribution in [0, 0.1) is 0 Å². The first-order chi connectivity index (χ1) is 10.4. The molecule has 4 rings (SSSR count). The number of aliphatic hydroxyl groups is 3. The maximum Gasteiger partial charge on any atom is 0.113 e. The highest BCUT2D eigenvalue weighted by Crippen LogP contribution is 2.55. The van der Waals surface area contributed by atoms with Gasteiger partial charge in [0, 0.05) is 10.4 Å². The van der Waals surface area contributed by atoms with E-state index in [0.717, 1.165) is 26.7 Å². The Balaban J connectivity index is 2.18. The van der Waals surface area contributed by atoms with Gasteiger partial charge in [-0.05, 0) is 45.5 Å². The van der Waals surface area contributed by atoms with Gasteiger partial charge in [-0.15, -0.1) is 0 Å². The molecule has 0 saturated heterocycles. The van der Waals surface area contributed by atoms with Crippen molar-refractivity contribution >= 4 is 29.2 Å². The Morgan fingerprint density at radius 1 is 0.818 bits per heavy atom. The third-order valence-corrected chi connectivity index (χ3v) is 5.31. The number of aliphatic hydroxyl groups excluding tert-OH is 3. The van der Waals surface area contributed by atoms with Crippen molar-refractivity contribution in [3.8, 4) is 11.1 Å². The van der Waals surface area contributed by atoms with Gasteiger partial charge < -0.3 is 15.3 Å². The Morgan fingerprint density at radius 3 is 1.91 bits per heavy atom. The molecule has 2 aromatic rings. The second-order valence-electron chi connectivity index (χ2n) is 6.16. The van der Waals surface area contributed by atoms with Crippen molar-refractivity contribution in [2.75, 3.05) is 0 Å². The molecule has 0 amide bonds. The van der Waals surface area contributed by atoms with E-state index >= 15 is 0 Å². The number of benzene rings is 2. The second kappa shape index (κ2) is 4.68. The molecule has 2 aliphatic rings. The smallest absolute Gasteiger partial charge is 0.113 e. The van der Waals surface area contributed by atoms with Crippen LogP contribution in [0.1, 0.15) is 53.4 Å². The molecule has 0 bridgehead atoms. The van der Waals surface area contributed by atoms with Crippen molar-refractivity contribution in [1.29, 1.82) is 0 Å². The number of rotatable bonds is 0. The van der Waals surface area contributed by atoms with E-state index in [9.17, 15) is 15.3 Å². The minimum atomic E-state index is -1.05. The first-order valence-electron chi connectivity index (χ1n) is 7.21. The summed E-state index contributed by atoms with van der Waals surface area (Å²) in [5, 5.41) is 31.7. The first-order valence-corrected chi connectivity index (χ1v) is 8.00. The third kappa shape index (κ3) is 1.74. The quantitative estimate of drug-likeness (QED) is 0.634. The fourth-order valence-corrected chi connectivity index (χ4v) is 4.27. The SMILES string of the molecule is [B]c1cc2c3c(c1)C(O)C(O)c1cc(Br)cc(c1-3)C(C)C2O. The lowest BCUT2D eigenvalue weighted by atomic mass is 9.68. The third-order valence-electron chi connectivity index (χ3n) is 4.85. The molecule has 0 saturated carbocycles. The van der Waals surface area contributed by atoms with E-state index in [1.807, 2.05) is 19.1 Å². The van der Waals surface area contributed by atoms with Crippen molar-refractivity contribution in [2.24, 2.45) is 0 Å². The van der Waals surface area contributed by atoms with Gasteiger partial charge in [0.05, 0.1) is 6.10 Å². The summed E-state index contributed by atoms with van der Waals surface area (Å²) in [7, 11) is 5.93. The minimum absolute atomic E-state index is 0.115. The lowest BCUT2D eigenvalue weighted by Crippen LogP contribution is -2.27. The van der Waals surface area contributed by atoms with Gasteiger partial charge in [0.1, 0.15) is 20.1 Å². The molecule has 2 radical (unpaired) electrons. The Kier molecular flexibility index (Phi) is 3.08. The highest BCUT2D eigenvalue weighted by molar-refractivity contribution is 9.10. The zero-order valence-corrected chi connectivity index (χ0v) is 13.5. The second-order valence-corrected chi connectivity index (χ2v) is 7.07. The normalized spacial score (nSPS) is 28.4. The van der Waals surface area contributed by atoms with Gasteiger partial charge in [-0.1, -0.05) is 40.4 Å². The fourth-order valence-electron chi connectivity index (χ4n) is 3.78. The number of halogens is 1. The summed E-state index contributed by atoms with van der Waals surface area (Å²) < 4.78 is 0.828. The van der Waals surface area contributed by atoms with Crippen LogP contribution in [0.25, 0.3) is 11.1 Å². The molecule has 0 spiro atoms. The zero-order chi connectivity index (χ0) is 15.8. The van der Waals surface area contributed by atoms with E-state index in [1.165, 1.54) is 0 Å². The Bertz CT molecular complexity index is 679. The summed E-state index contributed by atoms with van der Waals surface area (Å²) >= 11 is 3.45. The Labute approximate surface area is 138 Å². The van der Waals surface area contributed by atoms with Gasteiger partial charge in [0.15, 0.2) is 0 Å². The van der Waals surface area contributed by atoms with E-state index < -0.39 is 18.3 Å². The monoisotopic (exact) mass is 356 g/mol. The molecular weight excluding hydrogens is 343 g/mol. The summed E-state index contributed by atoms with van der Waals surface area (Å²) in [5.74, 6) is -0.115. The number of hydrogen-bond acceptors (Lipinski definition) is 3. The van der Waals surface area contributed by atoms with Gasteiger partial charge in [-0.25, -0.2) is 0 Å². The van der Waals surface area contributed by atoms with Crippen molar-refractivity contribution in [2.45, 2.75) is 31.2 Å². The molecule has 4 unspecified atom stereocenters. The van der Waals surface area contributed by atoms with Crippen LogP contribution in [-0.2, 0) is 0 Å². The minimum Gasteiger partial charge on any atom is -0.388 e. The maximum atomic E-state index is 10.7. The van der Waals surface area contributed by atoms with Gasteiger partial charge in [-0.3, -0.25) is 0 Å². The van der Waals surface area contributed by atoms with Crippen LogP contribution in [0.4, 0.5) is 0 Å². The Morgan fingerprint density at radius 2 is 1.27 bits per heavy atom. The summed E-state index contributed by atoms with van der Waals surface area (Å²) in [6.07, 6.45) is -2.74. The number of hydrogen-bond donors (Lipinski definition) is 3. The van der Waals surface area contributed by atoms with Gasteiger partial charge in [0.2, 0.25) is 0 Å². The lowest BCUT2D eigenvalue weighted by molar-refractivity contribution is 0.0151. The maximum absolute atomic E-state index is 10.7. The van der Waals surface area contributed by atoms with E-state index in [2.05, 4.69) is 15.9 Å². The molecule has 0 aliphatic heterocycles. The molecule has 110 valence electrons. The van der Waals surface area contributed by atoms with E-state index in [-0.39, 0.29) is 5.92 Å². The molecule has 0 aromatic heterocycles. The van der Waals surface area contributed by atoms with Crippen LogP contribution in [-0.4, -0.2) is 23.2 Å². The van der Waals surface area contributed by atoms with Crippen molar-refractivity contribution in [3.63, 3.8) is 0 Å².